The van der Waals surface area contributed by atoms with E-state index in [9.17, 15) is 9.59 Å². The van der Waals surface area contributed by atoms with Gasteiger partial charge >= 0.3 is 5.97 Å². The predicted molar refractivity (Wildman–Crippen MR) is 147 cm³/mol. The van der Waals surface area contributed by atoms with E-state index in [2.05, 4.69) is 0 Å². The van der Waals surface area contributed by atoms with Gasteiger partial charge in [0, 0.05) is 23.7 Å². The van der Waals surface area contributed by atoms with E-state index in [1.165, 1.54) is 32.7 Å². The number of aromatic nitrogens is 1. The quantitative estimate of drug-likeness (QED) is 0.219. The van der Waals surface area contributed by atoms with Crippen molar-refractivity contribution in [3.63, 3.8) is 0 Å². The van der Waals surface area contributed by atoms with Crippen LogP contribution in [0.25, 0.3) is 33.1 Å². The zero-order valence-electron chi connectivity index (χ0n) is 21.7. The van der Waals surface area contributed by atoms with Gasteiger partial charge in [-0.1, -0.05) is 32.1 Å². The van der Waals surface area contributed by atoms with Crippen molar-refractivity contribution in [3.8, 4) is 28.4 Å². The average Bonchev–Trinajstić information content (AvgIpc) is 3.38. The Labute approximate surface area is 228 Å². The summed E-state index contributed by atoms with van der Waals surface area (Å²) in [5.74, 6) is 1.18. The van der Waals surface area contributed by atoms with Gasteiger partial charge in [0.05, 0.1) is 30.6 Å². The first-order chi connectivity index (χ1) is 18.8. The van der Waals surface area contributed by atoms with Crippen LogP contribution >= 0.6 is 12.2 Å². The minimum Gasteiger partial charge on any atom is -0.493 e. The Morgan fingerprint density at radius 1 is 0.974 bits per heavy atom. The number of hydrogen-bond acceptors (Lipinski definition) is 9. The average molecular weight is 548 g/mol. The number of pyridine rings is 1. The molecular formula is C29H25NO8S. The number of rotatable bonds is 8. The van der Waals surface area contributed by atoms with Gasteiger partial charge in [-0.05, 0) is 36.4 Å². The Morgan fingerprint density at radius 3 is 2.46 bits per heavy atom. The van der Waals surface area contributed by atoms with E-state index in [-0.39, 0.29) is 22.7 Å². The van der Waals surface area contributed by atoms with Crippen LogP contribution in [0.3, 0.4) is 0 Å². The molecule has 0 bridgehead atoms. The summed E-state index contributed by atoms with van der Waals surface area (Å²) in [7, 11) is 2.95. The van der Waals surface area contributed by atoms with Crippen molar-refractivity contribution in [1.29, 1.82) is 0 Å². The fourth-order valence-electron chi connectivity index (χ4n) is 4.15. The highest BCUT2D eigenvalue weighted by atomic mass is 32.1. The number of fused-ring (bicyclic) bond motifs is 3. The summed E-state index contributed by atoms with van der Waals surface area (Å²) in [4.78, 5) is 31.5. The highest BCUT2D eigenvalue weighted by Gasteiger charge is 2.21. The lowest BCUT2D eigenvalue weighted by Crippen LogP contribution is -2.25. The van der Waals surface area contributed by atoms with Crippen LogP contribution in [-0.2, 0) is 4.79 Å². The van der Waals surface area contributed by atoms with E-state index in [1.54, 1.807) is 36.4 Å². The third kappa shape index (κ3) is 4.98. The highest BCUT2D eigenvalue weighted by Crippen LogP contribution is 2.40. The lowest BCUT2D eigenvalue weighted by molar-refractivity contribution is -0.146. The maximum Gasteiger partial charge on any atom is 0.369 e. The van der Waals surface area contributed by atoms with E-state index in [4.69, 9.17) is 40.1 Å². The van der Waals surface area contributed by atoms with Crippen LogP contribution in [0.1, 0.15) is 25.5 Å². The van der Waals surface area contributed by atoms with Crippen molar-refractivity contribution in [2.75, 3.05) is 20.8 Å². The minimum atomic E-state index is -0.702. The van der Waals surface area contributed by atoms with Crippen molar-refractivity contribution in [1.82, 2.24) is 4.73 Å². The lowest BCUT2D eigenvalue weighted by Gasteiger charge is -2.15. The number of carbonyl (C=O) groups excluding carboxylic acids is 1. The van der Waals surface area contributed by atoms with Crippen molar-refractivity contribution in [2.24, 2.45) is 0 Å². The highest BCUT2D eigenvalue weighted by molar-refractivity contribution is 7.71. The van der Waals surface area contributed by atoms with Gasteiger partial charge in [-0.15, -0.1) is 0 Å². The van der Waals surface area contributed by atoms with Gasteiger partial charge in [-0.3, -0.25) is 4.79 Å². The number of carbonyl (C=O) groups is 1. The lowest BCUT2D eigenvalue weighted by atomic mass is 10.0. The Bertz CT molecular complexity index is 1810. The van der Waals surface area contributed by atoms with Crippen molar-refractivity contribution in [2.45, 2.75) is 19.8 Å². The zero-order chi connectivity index (χ0) is 27.7. The second-order valence-electron chi connectivity index (χ2n) is 8.96. The molecule has 9 nitrogen and oxygen atoms in total. The molecule has 0 spiro atoms. The van der Waals surface area contributed by atoms with Crippen LogP contribution in [0.4, 0.5) is 0 Å². The van der Waals surface area contributed by atoms with Gasteiger partial charge in [0.1, 0.15) is 33.6 Å². The van der Waals surface area contributed by atoms with Crippen molar-refractivity contribution >= 4 is 40.1 Å². The van der Waals surface area contributed by atoms with Gasteiger partial charge in [0.15, 0.2) is 18.1 Å². The third-order valence-corrected chi connectivity index (χ3v) is 6.45. The topological polar surface area (TPSA) is 102 Å². The van der Waals surface area contributed by atoms with Crippen LogP contribution in [0, 0.1) is 4.64 Å². The van der Waals surface area contributed by atoms with Gasteiger partial charge in [0.2, 0.25) is 5.43 Å². The van der Waals surface area contributed by atoms with E-state index in [0.717, 1.165) is 10.5 Å². The molecule has 3 aromatic heterocycles. The molecule has 10 heteroatoms. The molecular weight excluding hydrogens is 522 g/mol. The monoisotopic (exact) mass is 547 g/mol. The molecule has 0 fully saturated rings. The summed E-state index contributed by atoms with van der Waals surface area (Å²) >= 11 is 5.15. The molecule has 0 aliphatic carbocycles. The Kier molecular flexibility index (Phi) is 7.12. The smallest absolute Gasteiger partial charge is 0.369 e. The second-order valence-corrected chi connectivity index (χ2v) is 9.37. The normalized spacial score (nSPS) is 11.2. The van der Waals surface area contributed by atoms with Gasteiger partial charge in [0.25, 0.3) is 0 Å². The summed E-state index contributed by atoms with van der Waals surface area (Å²) in [5.41, 5.74) is 1.32. The van der Waals surface area contributed by atoms with E-state index in [1.807, 2.05) is 19.9 Å². The number of methoxy groups -OCH3 is 2. The summed E-state index contributed by atoms with van der Waals surface area (Å²) < 4.78 is 30.1. The fraction of sp³-hybridized carbons (Fsp3) is 0.207. The third-order valence-electron chi connectivity index (χ3n) is 6.13. The van der Waals surface area contributed by atoms with Crippen molar-refractivity contribution in [3.05, 3.63) is 81.6 Å². The Balaban J connectivity index is 1.56. The molecule has 0 unspecified atom stereocenters. The van der Waals surface area contributed by atoms with Gasteiger partial charge < -0.3 is 27.9 Å². The van der Waals surface area contributed by atoms with Crippen LogP contribution in [0.2, 0.25) is 0 Å². The van der Waals surface area contributed by atoms with E-state index < -0.39 is 12.6 Å². The number of nitrogens with zero attached hydrogens (tertiary/aromatic N) is 1. The molecule has 200 valence electrons. The first kappa shape index (κ1) is 26.1. The standard InChI is InChI=1S/C29H25NO8S/c1-16(2)22-12-19-21(37-22)9-8-17-28(32)20(14-36-29(17)19)18-11-24(33-3)25(34-4)13-23(18)35-15-27(31)38-30-10-6-5-7-26(30)39/h5-14,16H,15H2,1-4H3. The molecule has 0 N–H and O–H groups in total. The summed E-state index contributed by atoms with van der Waals surface area (Å²) in [6.45, 7) is 3.58. The van der Waals surface area contributed by atoms with E-state index >= 15 is 0 Å². The summed E-state index contributed by atoms with van der Waals surface area (Å²) in [5, 5.41) is 1.08. The van der Waals surface area contributed by atoms with Crippen LogP contribution in [-0.4, -0.2) is 31.5 Å². The first-order valence-electron chi connectivity index (χ1n) is 12.1. The first-order valence-corrected chi connectivity index (χ1v) is 12.5. The number of benzene rings is 2. The van der Waals surface area contributed by atoms with Crippen molar-refractivity contribution < 1.29 is 32.7 Å². The van der Waals surface area contributed by atoms with E-state index in [0.29, 0.717) is 43.6 Å². The van der Waals surface area contributed by atoms with Crippen LogP contribution in [0.15, 0.2) is 74.6 Å². The SMILES string of the molecule is COc1cc(OCC(=O)On2ccccc2=S)c(-c2coc3c(ccc4oc(C(C)C)cc43)c2=O)cc1OC. The Hall–Kier alpha value is -4.57. The van der Waals surface area contributed by atoms with Gasteiger partial charge in [-0.25, -0.2) is 4.79 Å². The molecule has 2 aromatic carbocycles. The van der Waals surface area contributed by atoms with Gasteiger partial charge in [-0.2, -0.15) is 4.73 Å². The minimum absolute atomic E-state index is 0.176. The summed E-state index contributed by atoms with van der Waals surface area (Å²) in [6.07, 6.45) is 2.88. The maximum atomic E-state index is 13.7. The Morgan fingerprint density at radius 2 is 1.74 bits per heavy atom. The number of ether oxygens (including phenoxy) is 3. The molecule has 0 radical (unpaired) electrons. The molecule has 0 saturated heterocycles. The molecule has 0 aliphatic rings. The van der Waals surface area contributed by atoms with Crippen LogP contribution < -0.4 is 24.5 Å². The molecule has 5 aromatic rings. The zero-order valence-corrected chi connectivity index (χ0v) is 22.5. The maximum absolute atomic E-state index is 13.7. The molecule has 5 rings (SSSR count). The molecule has 0 saturated carbocycles. The largest absolute Gasteiger partial charge is 0.493 e. The van der Waals surface area contributed by atoms with Crippen LogP contribution in [0.5, 0.6) is 17.2 Å². The predicted octanol–water partition coefficient (Wildman–Crippen LogP) is 5.91. The molecule has 0 amide bonds. The molecule has 3 heterocycles. The molecule has 39 heavy (non-hydrogen) atoms. The second kappa shape index (κ2) is 10.7. The molecule has 0 aliphatic heterocycles. The number of hydrogen-bond donors (Lipinski definition) is 0. The fourth-order valence-corrected chi connectivity index (χ4v) is 4.33. The summed E-state index contributed by atoms with van der Waals surface area (Å²) in [6, 6.07) is 13.5. The molecule has 0 atom stereocenters. The number of furan rings is 1.